The van der Waals surface area contributed by atoms with Gasteiger partial charge in [0.25, 0.3) is 0 Å². The van der Waals surface area contributed by atoms with Gasteiger partial charge in [-0.3, -0.25) is 19.6 Å². The second-order valence-electron chi connectivity index (χ2n) is 5.44. The van der Waals surface area contributed by atoms with Gasteiger partial charge in [-0.2, -0.15) is 0 Å². The first kappa shape index (κ1) is 17.7. The summed E-state index contributed by atoms with van der Waals surface area (Å²) in [6, 6.07) is 5.97. The molecule has 0 atom stereocenters. The van der Waals surface area contributed by atoms with Crippen molar-refractivity contribution >= 4 is 6.21 Å². The molecule has 6 nitrogen and oxygen atoms in total. The molecular formula is C18H24N6. The van der Waals surface area contributed by atoms with Crippen molar-refractivity contribution in [3.63, 3.8) is 0 Å². The molecular weight excluding hydrogens is 300 g/mol. The van der Waals surface area contributed by atoms with Crippen molar-refractivity contribution in [2.24, 2.45) is 4.99 Å². The number of allylic oxidation sites excluding steroid dienone is 2. The number of hydrogen-bond donors (Lipinski definition) is 0. The molecule has 2 aromatic rings. The highest BCUT2D eigenvalue weighted by atomic mass is 15.4. The second-order valence-corrected chi connectivity index (χ2v) is 5.44. The van der Waals surface area contributed by atoms with E-state index in [2.05, 4.69) is 31.8 Å². The topological polar surface area (TPSA) is 59.2 Å². The zero-order chi connectivity index (χ0) is 17.2. The molecule has 24 heavy (non-hydrogen) atoms. The molecule has 6 heteroatoms. The highest BCUT2D eigenvalue weighted by Crippen LogP contribution is 2.07. The third-order valence-corrected chi connectivity index (χ3v) is 3.40. The van der Waals surface area contributed by atoms with Crippen LogP contribution in [0.2, 0.25) is 0 Å². The van der Waals surface area contributed by atoms with Gasteiger partial charge in [0.15, 0.2) is 0 Å². The van der Waals surface area contributed by atoms with Gasteiger partial charge in [-0.05, 0) is 32.1 Å². The van der Waals surface area contributed by atoms with E-state index in [-0.39, 0.29) is 0 Å². The maximum absolute atomic E-state index is 4.42. The van der Waals surface area contributed by atoms with Gasteiger partial charge in [0.2, 0.25) is 0 Å². The van der Waals surface area contributed by atoms with E-state index in [1.54, 1.807) is 12.3 Å². The Labute approximate surface area is 143 Å². The summed E-state index contributed by atoms with van der Waals surface area (Å²) in [6.45, 7) is 10.7. The Kier molecular flexibility index (Phi) is 7.04. The SMILES string of the molecule is C=C/C=C(/CN(CCn1cc(C)nn1)Cc1ccccn1)N=CC. The average Bonchev–Trinajstić information content (AvgIpc) is 2.99. The van der Waals surface area contributed by atoms with E-state index in [1.807, 2.05) is 55.2 Å². The highest BCUT2D eigenvalue weighted by Gasteiger charge is 2.10. The maximum atomic E-state index is 4.42. The van der Waals surface area contributed by atoms with E-state index in [4.69, 9.17) is 0 Å². The van der Waals surface area contributed by atoms with Gasteiger partial charge in [-0.25, -0.2) is 0 Å². The standard InChI is InChI=1S/C18H24N6/c1-4-8-17(19-5-2)14-23(15-18-9-6-7-10-20-18)11-12-24-13-16(3)21-22-24/h4-10,13H,1,11-12,14-15H2,2-3H3/b17-8-,19-5?. The number of aryl methyl sites for hydroxylation is 1. The zero-order valence-corrected chi connectivity index (χ0v) is 14.3. The van der Waals surface area contributed by atoms with Crippen LogP contribution < -0.4 is 0 Å². The number of nitrogens with zero attached hydrogens (tertiary/aromatic N) is 6. The minimum Gasteiger partial charge on any atom is -0.290 e. The van der Waals surface area contributed by atoms with Crippen LogP contribution >= 0.6 is 0 Å². The van der Waals surface area contributed by atoms with Crippen molar-refractivity contribution < 1.29 is 0 Å². The normalized spacial score (nSPS) is 12.2. The van der Waals surface area contributed by atoms with Crippen molar-refractivity contribution in [2.45, 2.75) is 26.9 Å². The number of aromatic nitrogens is 4. The largest absolute Gasteiger partial charge is 0.290 e. The summed E-state index contributed by atoms with van der Waals surface area (Å²) in [4.78, 5) is 11.1. The lowest BCUT2D eigenvalue weighted by molar-refractivity contribution is 0.266. The average molecular weight is 324 g/mol. The van der Waals surface area contributed by atoms with Gasteiger partial charge in [-0.15, -0.1) is 5.10 Å². The Balaban J connectivity index is 2.07. The molecule has 0 amide bonds. The van der Waals surface area contributed by atoms with Crippen molar-refractivity contribution in [1.29, 1.82) is 0 Å². The zero-order valence-electron chi connectivity index (χ0n) is 14.3. The first-order valence-corrected chi connectivity index (χ1v) is 8.00. The molecule has 0 aliphatic heterocycles. The Morgan fingerprint density at radius 1 is 1.42 bits per heavy atom. The molecule has 2 aromatic heterocycles. The van der Waals surface area contributed by atoms with E-state index >= 15 is 0 Å². The van der Waals surface area contributed by atoms with Gasteiger partial charge in [0.05, 0.1) is 23.6 Å². The third kappa shape index (κ3) is 5.89. The van der Waals surface area contributed by atoms with Crippen LogP contribution in [0.5, 0.6) is 0 Å². The summed E-state index contributed by atoms with van der Waals surface area (Å²) in [5.74, 6) is 0. The summed E-state index contributed by atoms with van der Waals surface area (Å²) in [6.07, 6.45) is 9.27. The van der Waals surface area contributed by atoms with E-state index in [0.717, 1.165) is 43.3 Å². The first-order valence-electron chi connectivity index (χ1n) is 8.00. The van der Waals surface area contributed by atoms with Gasteiger partial charge < -0.3 is 0 Å². The van der Waals surface area contributed by atoms with Gasteiger partial charge >= 0.3 is 0 Å². The Hall–Kier alpha value is -2.60. The number of rotatable bonds is 9. The molecule has 0 N–H and O–H groups in total. The predicted octanol–water partition coefficient (Wildman–Crippen LogP) is 2.64. The number of aliphatic imine (C=N–C) groups is 1. The maximum Gasteiger partial charge on any atom is 0.0796 e. The molecule has 0 fully saturated rings. The number of hydrogen-bond acceptors (Lipinski definition) is 5. The molecule has 0 saturated heterocycles. The van der Waals surface area contributed by atoms with Gasteiger partial charge in [0, 0.05) is 38.2 Å². The smallest absolute Gasteiger partial charge is 0.0796 e. The molecule has 126 valence electrons. The van der Waals surface area contributed by atoms with Crippen LogP contribution in [0.4, 0.5) is 0 Å². The van der Waals surface area contributed by atoms with Crippen LogP contribution in [0.15, 0.2) is 60.0 Å². The molecule has 0 aliphatic rings. The van der Waals surface area contributed by atoms with Crippen LogP contribution in [0.1, 0.15) is 18.3 Å². The summed E-state index contributed by atoms with van der Waals surface area (Å²) >= 11 is 0. The van der Waals surface area contributed by atoms with Crippen LogP contribution in [0.25, 0.3) is 0 Å². The molecule has 2 heterocycles. The molecule has 0 bridgehead atoms. The molecule has 0 radical (unpaired) electrons. The minimum atomic E-state index is 0.723. The van der Waals surface area contributed by atoms with Crippen molar-refractivity contribution in [3.8, 4) is 0 Å². The molecule has 0 aromatic carbocycles. The lowest BCUT2D eigenvalue weighted by Crippen LogP contribution is -2.29. The summed E-state index contributed by atoms with van der Waals surface area (Å²) in [5.41, 5.74) is 2.93. The van der Waals surface area contributed by atoms with E-state index in [0.29, 0.717) is 0 Å². The Morgan fingerprint density at radius 2 is 2.29 bits per heavy atom. The molecule has 2 rings (SSSR count). The highest BCUT2D eigenvalue weighted by molar-refractivity contribution is 5.55. The summed E-state index contributed by atoms with van der Waals surface area (Å²) in [5, 5.41) is 8.14. The molecule has 0 spiro atoms. The summed E-state index contributed by atoms with van der Waals surface area (Å²) in [7, 11) is 0. The lowest BCUT2D eigenvalue weighted by Gasteiger charge is -2.22. The van der Waals surface area contributed by atoms with Gasteiger partial charge in [0.1, 0.15) is 0 Å². The van der Waals surface area contributed by atoms with Crippen LogP contribution in [0, 0.1) is 6.92 Å². The Morgan fingerprint density at radius 3 is 2.92 bits per heavy atom. The predicted molar refractivity (Wildman–Crippen MR) is 96.7 cm³/mol. The van der Waals surface area contributed by atoms with Crippen LogP contribution in [0.3, 0.4) is 0 Å². The fraction of sp³-hybridized carbons (Fsp3) is 0.333. The molecule has 0 aliphatic carbocycles. The third-order valence-electron chi connectivity index (χ3n) is 3.40. The van der Waals surface area contributed by atoms with E-state index < -0.39 is 0 Å². The first-order chi connectivity index (χ1) is 11.7. The number of pyridine rings is 1. The Bertz CT molecular complexity index is 687. The lowest BCUT2D eigenvalue weighted by atomic mass is 10.3. The van der Waals surface area contributed by atoms with E-state index in [9.17, 15) is 0 Å². The quantitative estimate of drug-likeness (QED) is 0.525. The van der Waals surface area contributed by atoms with Crippen molar-refractivity contribution in [1.82, 2.24) is 24.9 Å². The minimum absolute atomic E-state index is 0.723. The van der Waals surface area contributed by atoms with E-state index in [1.165, 1.54) is 0 Å². The molecule has 0 unspecified atom stereocenters. The van der Waals surface area contributed by atoms with Crippen LogP contribution in [-0.2, 0) is 13.1 Å². The van der Waals surface area contributed by atoms with Gasteiger partial charge in [-0.1, -0.05) is 23.9 Å². The monoisotopic (exact) mass is 324 g/mol. The summed E-state index contributed by atoms with van der Waals surface area (Å²) < 4.78 is 1.86. The van der Waals surface area contributed by atoms with Crippen molar-refractivity contribution in [2.75, 3.05) is 13.1 Å². The fourth-order valence-electron chi connectivity index (χ4n) is 2.35. The molecule has 0 saturated carbocycles. The van der Waals surface area contributed by atoms with Crippen LogP contribution in [-0.4, -0.2) is 44.2 Å². The fourth-order valence-corrected chi connectivity index (χ4v) is 2.35. The second kappa shape index (κ2) is 9.52. The van der Waals surface area contributed by atoms with Crippen molar-refractivity contribution in [3.05, 3.63) is 66.4 Å².